The van der Waals surface area contributed by atoms with Gasteiger partial charge in [-0.1, -0.05) is 43.7 Å². The summed E-state index contributed by atoms with van der Waals surface area (Å²) < 4.78 is 14.0. The van der Waals surface area contributed by atoms with Crippen molar-refractivity contribution >= 4 is 17.8 Å². The molecular formula is C28H34FN3O3. The summed E-state index contributed by atoms with van der Waals surface area (Å²) in [6, 6.07) is 11.6. The van der Waals surface area contributed by atoms with Crippen molar-refractivity contribution in [3.05, 3.63) is 70.5 Å². The summed E-state index contributed by atoms with van der Waals surface area (Å²) in [6.45, 7) is 9.19. The maximum atomic E-state index is 14.0. The summed E-state index contributed by atoms with van der Waals surface area (Å²) in [7, 11) is 0. The molecule has 0 radical (unpaired) electrons. The van der Waals surface area contributed by atoms with E-state index in [1.165, 1.54) is 17.0 Å². The van der Waals surface area contributed by atoms with E-state index in [4.69, 9.17) is 0 Å². The molecule has 0 spiro atoms. The molecular weight excluding hydrogens is 445 g/mol. The Balaban J connectivity index is 1.58. The highest BCUT2D eigenvalue weighted by Gasteiger charge is 2.56. The Morgan fingerprint density at radius 1 is 1.11 bits per heavy atom. The van der Waals surface area contributed by atoms with Crippen LogP contribution in [-0.4, -0.2) is 52.8 Å². The lowest BCUT2D eigenvalue weighted by Gasteiger charge is -2.41. The molecule has 0 aromatic heterocycles. The second-order valence-corrected chi connectivity index (χ2v) is 10.4. The number of halogens is 1. The average Bonchev–Trinajstić information content (AvgIpc) is 3.03. The second kappa shape index (κ2) is 9.80. The minimum atomic E-state index is -1.14. The van der Waals surface area contributed by atoms with Crippen LogP contribution < -0.4 is 5.32 Å². The topological polar surface area (TPSA) is 69.7 Å². The number of hydrogen-bond donors (Lipinski definition) is 1. The van der Waals surface area contributed by atoms with E-state index in [1.807, 2.05) is 50.8 Å². The number of hydrogen-bond acceptors (Lipinski definition) is 3. The number of likely N-dealkylation sites (tertiary alicyclic amines) is 1. The molecule has 1 atom stereocenters. The Morgan fingerprint density at radius 3 is 2.46 bits per heavy atom. The fourth-order valence-electron chi connectivity index (χ4n) is 5.48. The molecule has 0 aliphatic carbocycles. The molecule has 2 fully saturated rings. The maximum absolute atomic E-state index is 14.0. The zero-order chi connectivity index (χ0) is 25.3. The number of carbonyl (C=O) groups excluding carboxylic acids is 3. The number of piperidine rings is 1. The fourth-order valence-corrected chi connectivity index (χ4v) is 5.48. The van der Waals surface area contributed by atoms with Crippen LogP contribution in [0.15, 0.2) is 42.5 Å². The van der Waals surface area contributed by atoms with Crippen molar-refractivity contribution < 1.29 is 18.8 Å². The lowest BCUT2D eigenvalue weighted by molar-refractivity contribution is -0.134. The van der Waals surface area contributed by atoms with Crippen molar-refractivity contribution in [3.8, 4) is 0 Å². The smallest absolute Gasteiger partial charge is 0.325 e. The van der Waals surface area contributed by atoms with Crippen LogP contribution in [0.25, 0.3) is 0 Å². The zero-order valence-corrected chi connectivity index (χ0v) is 20.9. The van der Waals surface area contributed by atoms with Gasteiger partial charge in [0.15, 0.2) is 0 Å². The van der Waals surface area contributed by atoms with Gasteiger partial charge in [-0.05, 0) is 67.9 Å². The summed E-state index contributed by atoms with van der Waals surface area (Å²) in [4.78, 5) is 43.0. The highest BCUT2D eigenvalue weighted by Crippen LogP contribution is 2.37. The van der Waals surface area contributed by atoms with Gasteiger partial charge in [-0.3, -0.25) is 14.5 Å². The molecule has 2 saturated heterocycles. The Morgan fingerprint density at radius 2 is 1.83 bits per heavy atom. The number of imide groups is 1. The van der Waals surface area contributed by atoms with Crippen LogP contribution >= 0.6 is 0 Å². The van der Waals surface area contributed by atoms with Crippen molar-refractivity contribution in [1.82, 2.24) is 15.1 Å². The van der Waals surface area contributed by atoms with Gasteiger partial charge < -0.3 is 10.2 Å². The minimum Gasteiger partial charge on any atom is -0.339 e. The van der Waals surface area contributed by atoms with E-state index in [0.717, 1.165) is 11.1 Å². The molecule has 0 unspecified atom stereocenters. The Hall–Kier alpha value is -3.22. The van der Waals surface area contributed by atoms with Crippen LogP contribution in [0.5, 0.6) is 0 Å². The second-order valence-electron chi connectivity index (χ2n) is 10.4. The van der Waals surface area contributed by atoms with Crippen LogP contribution in [-0.2, 0) is 11.2 Å². The van der Waals surface area contributed by atoms with E-state index in [2.05, 4.69) is 5.32 Å². The van der Waals surface area contributed by atoms with Gasteiger partial charge in [-0.2, -0.15) is 0 Å². The first-order valence-electron chi connectivity index (χ1n) is 12.4. The van der Waals surface area contributed by atoms with Gasteiger partial charge in [0, 0.05) is 31.6 Å². The van der Waals surface area contributed by atoms with Crippen LogP contribution in [0.4, 0.5) is 9.18 Å². The molecule has 0 bridgehead atoms. The first-order chi connectivity index (χ1) is 16.6. The molecule has 7 heteroatoms. The molecule has 0 saturated carbocycles. The summed E-state index contributed by atoms with van der Waals surface area (Å²) in [5.74, 6) is -0.667. The number of nitrogens with one attached hydrogen (secondary N) is 1. The van der Waals surface area contributed by atoms with Gasteiger partial charge in [0.2, 0.25) is 0 Å². The lowest BCUT2D eigenvalue weighted by Crippen LogP contribution is -2.58. The van der Waals surface area contributed by atoms with Crippen LogP contribution in [0, 0.1) is 31.5 Å². The van der Waals surface area contributed by atoms with Crippen molar-refractivity contribution in [1.29, 1.82) is 0 Å². The Bertz CT molecular complexity index is 1140. The number of benzene rings is 2. The van der Waals surface area contributed by atoms with Crippen LogP contribution in [0.2, 0.25) is 0 Å². The molecule has 2 aliphatic rings. The minimum absolute atomic E-state index is 0.0108. The van der Waals surface area contributed by atoms with E-state index in [9.17, 15) is 18.8 Å². The highest BCUT2D eigenvalue weighted by atomic mass is 19.1. The van der Waals surface area contributed by atoms with Crippen LogP contribution in [0.1, 0.15) is 53.7 Å². The highest BCUT2D eigenvalue weighted by molar-refractivity contribution is 6.07. The number of urea groups is 1. The molecule has 4 amide bonds. The zero-order valence-electron chi connectivity index (χ0n) is 20.9. The lowest BCUT2D eigenvalue weighted by atomic mass is 9.73. The fraction of sp³-hybridized carbons (Fsp3) is 0.464. The molecule has 2 aromatic rings. The maximum Gasteiger partial charge on any atom is 0.325 e. The van der Waals surface area contributed by atoms with Crippen molar-refractivity contribution in [3.63, 3.8) is 0 Å². The average molecular weight is 480 g/mol. The predicted octanol–water partition coefficient (Wildman–Crippen LogP) is 4.48. The van der Waals surface area contributed by atoms with E-state index >= 15 is 0 Å². The number of amides is 4. The van der Waals surface area contributed by atoms with E-state index in [-0.39, 0.29) is 35.9 Å². The monoisotopic (exact) mass is 479 g/mol. The van der Waals surface area contributed by atoms with Gasteiger partial charge in [-0.15, -0.1) is 0 Å². The van der Waals surface area contributed by atoms with Crippen LogP contribution in [0.3, 0.4) is 0 Å². The summed E-state index contributed by atoms with van der Waals surface area (Å²) in [6.07, 6.45) is 1.38. The molecule has 1 N–H and O–H groups in total. The van der Waals surface area contributed by atoms with Gasteiger partial charge in [0.05, 0.1) is 0 Å². The standard InChI is InChI=1S/C28H34FN3O3/c1-18(2)17-32-26(34)28(30-27(32)35,16-21-6-5-7-23(29)15-21)22-10-12-31(13-11-22)25(33)24-9-8-19(3)14-20(24)4/h5-9,14-15,18,22H,10-13,16-17H2,1-4H3,(H,30,35)/t28-/m1/s1. The van der Waals surface area contributed by atoms with E-state index in [0.29, 0.717) is 43.6 Å². The summed E-state index contributed by atoms with van der Waals surface area (Å²) in [5.41, 5.74) is 2.27. The molecule has 6 nitrogen and oxygen atoms in total. The SMILES string of the molecule is Cc1ccc(C(=O)N2CCC([C@@]3(Cc4cccc(F)c4)NC(=O)N(CC(C)C)C3=O)CC2)c(C)c1. The van der Waals surface area contributed by atoms with Gasteiger partial charge in [0.1, 0.15) is 11.4 Å². The number of carbonyl (C=O) groups is 3. The molecule has 4 rings (SSSR count). The molecule has 35 heavy (non-hydrogen) atoms. The third kappa shape index (κ3) is 4.95. The quantitative estimate of drug-likeness (QED) is 0.621. The number of aryl methyl sites for hydroxylation is 2. The van der Waals surface area contributed by atoms with E-state index < -0.39 is 11.6 Å². The Labute approximate surface area is 206 Å². The summed E-state index contributed by atoms with van der Waals surface area (Å²) >= 11 is 0. The largest absolute Gasteiger partial charge is 0.339 e. The van der Waals surface area contributed by atoms with Gasteiger partial charge in [-0.25, -0.2) is 9.18 Å². The first-order valence-corrected chi connectivity index (χ1v) is 12.4. The van der Waals surface area contributed by atoms with Gasteiger partial charge in [0.25, 0.3) is 11.8 Å². The third-order valence-electron chi connectivity index (χ3n) is 7.21. The predicted molar refractivity (Wildman–Crippen MR) is 132 cm³/mol. The van der Waals surface area contributed by atoms with Crippen molar-refractivity contribution in [2.45, 2.75) is 52.5 Å². The molecule has 2 aliphatic heterocycles. The summed E-state index contributed by atoms with van der Waals surface area (Å²) in [5, 5.41) is 3.01. The van der Waals surface area contributed by atoms with Crippen molar-refractivity contribution in [2.75, 3.05) is 19.6 Å². The van der Waals surface area contributed by atoms with Gasteiger partial charge >= 0.3 is 6.03 Å². The third-order valence-corrected chi connectivity index (χ3v) is 7.21. The molecule has 186 valence electrons. The van der Waals surface area contributed by atoms with E-state index in [1.54, 1.807) is 12.1 Å². The van der Waals surface area contributed by atoms with Crippen molar-refractivity contribution in [2.24, 2.45) is 11.8 Å². The number of nitrogens with zero attached hydrogens (tertiary/aromatic N) is 2. The normalized spacial score (nSPS) is 21.1. The number of rotatable bonds is 6. The molecule has 2 heterocycles. The first kappa shape index (κ1) is 24.9. The Kier molecular flexibility index (Phi) is 6.97. The molecule has 2 aromatic carbocycles.